The number of nitrogens with one attached hydrogen (secondary N) is 1. The van der Waals surface area contributed by atoms with Crippen LogP contribution in [0.5, 0.6) is 0 Å². The van der Waals surface area contributed by atoms with Crippen molar-refractivity contribution in [2.45, 2.75) is 18.4 Å². The van der Waals surface area contributed by atoms with E-state index in [4.69, 9.17) is 28.9 Å². The van der Waals surface area contributed by atoms with Gasteiger partial charge in [-0.05, 0) is 31.0 Å². The zero-order valence-corrected chi connectivity index (χ0v) is 9.40. The van der Waals surface area contributed by atoms with Crippen molar-refractivity contribution in [3.63, 3.8) is 0 Å². The quantitative estimate of drug-likeness (QED) is 0.840. The topological polar surface area (TPSA) is 55.1 Å². The summed E-state index contributed by atoms with van der Waals surface area (Å²) in [6.07, 6.45) is 1.45. The summed E-state index contributed by atoms with van der Waals surface area (Å²) in [5.74, 6) is -0.188. The molecule has 1 amide bonds. The van der Waals surface area contributed by atoms with E-state index in [-0.39, 0.29) is 5.91 Å². The molecule has 0 saturated heterocycles. The van der Waals surface area contributed by atoms with Crippen molar-refractivity contribution >= 4 is 34.8 Å². The zero-order chi connectivity index (χ0) is 11.1. The maximum Gasteiger partial charge on any atom is 0.244 e. The lowest BCUT2D eigenvalue weighted by molar-refractivity contribution is -0.118. The molecule has 1 saturated carbocycles. The van der Waals surface area contributed by atoms with Crippen molar-refractivity contribution in [2.24, 2.45) is 5.73 Å². The van der Waals surface area contributed by atoms with Gasteiger partial charge in [0.2, 0.25) is 5.91 Å². The number of nitrogens with two attached hydrogens (primary N) is 1. The molecule has 0 radical (unpaired) electrons. The average Bonchev–Trinajstić information content (AvgIpc) is 2.90. The average molecular weight is 245 g/mol. The van der Waals surface area contributed by atoms with E-state index in [9.17, 15) is 4.79 Å². The van der Waals surface area contributed by atoms with Gasteiger partial charge in [-0.25, -0.2) is 0 Å². The first-order valence-corrected chi connectivity index (χ1v) is 5.32. The third-order valence-corrected chi connectivity index (χ3v) is 2.97. The summed E-state index contributed by atoms with van der Waals surface area (Å²) in [4.78, 5) is 11.6. The summed E-state index contributed by atoms with van der Waals surface area (Å²) in [7, 11) is 0. The second-order valence-electron chi connectivity index (χ2n) is 3.73. The summed E-state index contributed by atoms with van der Waals surface area (Å²) in [5, 5.41) is 3.64. The summed E-state index contributed by atoms with van der Waals surface area (Å²) in [6.45, 7) is 0. The molecule has 0 unspecified atom stereocenters. The molecule has 0 aliphatic heterocycles. The van der Waals surface area contributed by atoms with Gasteiger partial charge in [-0.15, -0.1) is 0 Å². The van der Waals surface area contributed by atoms with E-state index in [2.05, 4.69) is 5.32 Å². The van der Waals surface area contributed by atoms with Gasteiger partial charge in [0.15, 0.2) is 0 Å². The minimum atomic E-state index is -0.692. The molecule has 1 fully saturated rings. The van der Waals surface area contributed by atoms with Crippen LogP contribution in [-0.4, -0.2) is 11.4 Å². The first kappa shape index (κ1) is 10.7. The van der Waals surface area contributed by atoms with Gasteiger partial charge >= 0.3 is 0 Å². The second-order valence-corrected chi connectivity index (χ2v) is 4.58. The zero-order valence-electron chi connectivity index (χ0n) is 7.89. The second kappa shape index (κ2) is 3.67. The highest BCUT2D eigenvalue weighted by atomic mass is 35.5. The molecule has 80 valence electrons. The first-order chi connectivity index (χ1) is 7.01. The van der Waals surface area contributed by atoms with E-state index < -0.39 is 5.54 Å². The number of carbonyl (C=O) groups excluding carboxylic acids is 1. The van der Waals surface area contributed by atoms with E-state index >= 15 is 0 Å². The predicted molar refractivity (Wildman–Crippen MR) is 61.2 cm³/mol. The lowest BCUT2D eigenvalue weighted by Gasteiger charge is -2.11. The molecule has 0 aromatic heterocycles. The largest absolute Gasteiger partial charge is 0.323 e. The molecule has 0 atom stereocenters. The Bertz CT molecular complexity index is 416. The molecule has 0 spiro atoms. The fourth-order valence-electron chi connectivity index (χ4n) is 1.20. The Morgan fingerprint density at radius 2 is 2.07 bits per heavy atom. The van der Waals surface area contributed by atoms with Gasteiger partial charge in [-0.1, -0.05) is 23.2 Å². The summed E-state index contributed by atoms with van der Waals surface area (Å²) in [6, 6.07) is 4.91. The molecule has 5 heteroatoms. The third-order valence-electron chi connectivity index (χ3n) is 2.42. The molecule has 3 N–H and O–H groups in total. The third kappa shape index (κ3) is 2.25. The molecule has 0 bridgehead atoms. The predicted octanol–water partition coefficient (Wildman–Crippen LogP) is 2.42. The fourth-order valence-corrected chi connectivity index (χ4v) is 1.66. The van der Waals surface area contributed by atoms with E-state index in [0.29, 0.717) is 15.7 Å². The molecule has 2 rings (SSSR count). The maximum absolute atomic E-state index is 11.6. The molecule has 1 aliphatic carbocycles. The van der Waals surface area contributed by atoms with Crippen LogP contribution >= 0.6 is 23.2 Å². The van der Waals surface area contributed by atoms with Crippen LogP contribution in [0.15, 0.2) is 18.2 Å². The van der Waals surface area contributed by atoms with Gasteiger partial charge in [0.05, 0.1) is 16.2 Å². The highest BCUT2D eigenvalue weighted by Gasteiger charge is 2.46. The number of hydrogen-bond acceptors (Lipinski definition) is 2. The number of rotatable bonds is 2. The van der Waals surface area contributed by atoms with Crippen LogP contribution in [0.2, 0.25) is 10.0 Å². The molecular formula is C10H10Cl2N2O. The number of carbonyl (C=O) groups is 1. The highest BCUT2D eigenvalue weighted by Crippen LogP contribution is 2.34. The van der Waals surface area contributed by atoms with Crippen molar-refractivity contribution in [1.29, 1.82) is 0 Å². The van der Waals surface area contributed by atoms with Gasteiger partial charge in [0.1, 0.15) is 0 Å². The molecule has 0 heterocycles. The highest BCUT2D eigenvalue weighted by molar-refractivity contribution is 6.36. The Hall–Kier alpha value is -0.770. The molecule has 1 aromatic carbocycles. The van der Waals surface area contributed by atoms with Crippen molar-refractivity contribution in [3.8, 4) is 0 Å². The minimum Gasteiger partial charge on any atom is -0.323 e. The fraction of sp³-hybridized carbons (Fsp3) is 0.300. The Labute approximate surface area is 97.5 Å². The Morgan fingerprint density at radius 3 is 2.60 bits per heavy atom. The first-order valence-electron chi connectivity index (χ1n) is 4.57. The van der Waals surface area contributed by atoms with E-state index in [0.717, 1.165) is 12.8 Å². The monoisotopic (exact) mass is 244 g/mol. The number of amides is 1. The minimum absolute atomic E-state index is 0.188. The Morgan fingerprint density at radius 1 is 1.40 bits per heavy atom. The van der Waals surface area contributed by atoms with Crippen LogP contribution in [0.4, 0.5) is 5.69 Å². The lowest BCUT2D eigenvalue weighted by atomic mass is 10.2. The van der Waals surface area contributed by atoms with Crippen LogP contribution < -0.4 is 11.1 Å². The molecule has 1 aromatic rings. The summed E-state index contributed by atoms with van der Waals surface area (Å²) in [5.41, 5.74) is 5.59. The van der Waals surface area contributed by atoms with Gasteiger partial charge in [-0.3, -0.25) is 4.79 Å². The lowest BCUT2D eigenvalue weighted by Crippen LogP contribution is -2.37. The van der Waals surface area contributed by atoms with E-state index in [1.165, 1.54) is 0 Å². The van der Waals surface area contributed by atoms with Crippen molar-refractivity contribution in [3.05, 3.63) is 28.2 Å². The molecular weight excluding hydrogens is 235 g/mol. The number of hydrogen-bond donors (Lipinski definition) is 2. The van der Waals surface area contributed by atoms with Crippen LogP contribution in [-0.2, 0) is 4.79 Å². The SMILES string of the molecule is NC1(C(=O)Nc2ccc(Cl)cc2Cl)CC1. The number of halogens is 2. The molecule has 15 heavy (non-hydrogen) atoms. The van der Waals surface area contributed by atoms with Crippen LogP contribution in [0.1, 0.15) is 12.8 Å². The van der Waals surface area contributed by atoms with E-state index in [1.54, 1.807) is 18.2 Å². The Balaban J connectivity index is 2.14. The van der Waals surface area contributed by atoms with Gasteiger partial charge < -0.3 is 11.1 Å². The van der Waals surface area contributed by atoms with Crippen LogP contribution in [0, 0.1) is 0 Å². The Kier molecular flexibility index (Phi) is 2.63. The normalized spacial score (nSPS) is 17.3. The summed E-state index contributed by atoms with van der Waals surface area (Å²) < 4.78 is 0. The standard InChI is InChI=1S/C10H10Cl2N2O/c11-6-1-2-8(7(12)5-6)14-9(15)10(13)3-4-10/h1-2,5H,3-4,13H2,(H,14,15). The van der Waals surface area contributed by atoms with Crippen LogP contribution in [0.25, 0.3) is 0 Å². The molecule has 1 aliphatic rings. The van der Waals surface area contributed by atoms with Crippen molar-refractivity contribution in [2.75, 3.05) is 5.32 Å². The van der Waals surface area contributed by atoms with Gasteiger partial charge in [0, 0.05) is 5.02 Å². The van der Waals surface area contributed by atoms with E-state index in [1.807, 2.05) is 0 Å². The smallest absolute Gasteiger partial charge is 0.244 e. The van der Waals surface area contributed by atoms with Crippen LogP contribution in [0.3, 0.4) is 0 Å². The van der Waals surface area contributed by atoms with Gasteiger partial charge in [0.25, 0.3) is 0 Å². The number of anilines is 1. The molecule has 3 nitrogen and oxygen atoms in total. The maximum atomic E-state index is 11.6. The van der Waals surface area contributed by atoms with Crippen molar-refractivity contribution < 1.29 is 4.79 Å². The summed E-state index contributed by atoms with van der Waals surface area (Å²) >= 11 is 11.6. The van der Waals surface area contributed by atoms with Crippen molar-refractivity contribution in [1.82, 2.24) is 0 Å². The number of benzene rings is 1. The van der Waals surface area contributed by atoms with Gasteiger partial charge in [-0.2, -0.15) is 0 Å².